The van der Waals surface area contributed by atoms with Crippen LogP contribution in [0.1, 0.15) is 24.1 Å². The van der Waals surface area contributed by atoms with Crippen LogP contribution < -0.4 is 5.73 Å². The van der Waals surface area contributed by atoms with E-state index in [1.807, 2.05) is 0 Å². The third kappa shape index (κ3) is 1.18. The molecular weight excluding hydrogens is 184 g/mol. The van der Waals surface area contributed by atoms with Crippen molar-refractivity contribution in [3.8, 4) is 0 Å². The Morgan fingerprint density at radius 3 is 2.80 bits per heavy atom. The van der Waals surface area contributed by atoms with Gasteiger partial charge < -0.3 is 10.6 Å². The molecule has 1 atom stereocenters. The normalized spacial score (nSPS) is 27.7. The maximum Gasteiger partial charge on any atom is 0.0382 e. The summed E-state index contributed by atoms with van der Waals surface area (Å²) in [4.78, 5) is 2.48. The van der Waals surface area contributed by atoms with Crippen molar-refractivity contribution >= 4 is 0 Å². The molecule has 2 heteroatoms. The molecular formula is C13H18N2. The van der Waals surface area contributed by atoms with E-state index in [1.54, 1.807) is 0 Å². The molecule has 1 aromatic rings. The third-order valence-electron chi connectivity index (χ3n) is 4.12. The fourth-order valence-corrected chi connectivity index (χ4v) is 3.19. The molecule has 0 unspecified atom stereocenters. The van der Waals surface area contributed by atoms with Gasteiger partial charge in [-0.1, -0.05) is 31.2 Å². The summed E-state index contributed by atoms with van der Waals surface area (Å²) in [5, 5.41) is 0. The molecule has 2 N–H and O–H groups in total. The summed E-state index contributed by atoms with van der Waals surface area (Å²) >= 11 is 0. The Balaban J connectivity index is 1.88. The number of benzene rings is 1. The highest BCUT2D eigenvalue weighted by atomic mass is 15.2. The monoisotopic (exact) mass is 202 g/mol. The van der Waals surface area contributed by atoms with Gasteiger partial charge in [0.25, 0.3) is 0 Å². The molecule has 0 bridgehead atoms. The van der Waals surface area contributed by atoms with Gasteiger partial charge in [0.1, 0.15) is 0 Å². The van der Waals surface area contributed by atoms with Crippen molar-refractivity contribution in [2.45, 2.75) is 19.4 Å². The van der Waals surface area contributed by atoms with Crippen LogP contribution in [0, 0.1) is 5.41 Å². The van der Waals surface area contributed by atoms with Crippen molar-refractivity contribution in [3.63, 3.8) is 0 Å². The molecule has 3 rings (SSSR count). The van der Waals surface area contributed by atoms with Gasteiger partial charge in [0.2, 0.25) is 0 Å². The Labute approximate surface area is 91.1 Å². The van der Waals surface area contributed by atoms with Crippen LogP contribution in [-0.4, -0.2) is 24.5 Å². The highest BCUT2D eigenvalue weighted by Gasteiger charge is 2.51. The second-order valence-corrected chi connectivity index (χ2v) is 5.02. The number of fused-ring (bicyclic) bond motifs is 1. The van der Waals surface area contributed by atoms with E-state index in [4.69, 9.17) is 5.73 Å². The molecule has 1 heterocycles. The lowest BCUT2D eigenvalue weighted by molar-refractivity contribution is -0.00717. The molecule has 1 aliphatic heterocycles. The van der Waals surface area contributed by atoms with E-state index >= 15 is 0 Å². The summed E-state index contributed by atoms with van der Waals surface area (Å²) in [5.41, 5.74) is 9.59. The Morgan fingerprint density at radius 2 is 2.13 bits per heavy atom. The minimum absolute atomic E-state index is 0.261. The molecule has 0 saturated carbocycles. The molecule has 0 amide bonds. The first-order chi connectivity index (χ1) is 7.25. The summed E-state index contributed by atoms with van der Waals surface area (Å²) in [6.07, 6.45) is 1.18. The van der Waals surface area contributed by atoms with E-state index in [-0.39, 0.29) is 6.04 Å². The van der Waals surface area contributed by atoms with Gasteiger partial charge >= 0.3 is 0 Å². The van der Waals surface area contributed by atoms with E-state index in [2.05, 4.69) is 36.1 Å². The maximum atomic E-state index is 6.38. The first kappa shape index (κ1) is 9.37. The lowest BCUT2D eigenvalue weighted by atomic mass is 9.74. The average molecular weight is 202 g/mol. The van der Waals surface area contributed by atoms with E-state index in [0.717, 1.165) is 6.54 Å². The summed E-state index contributed by atoms with van der Waals surface area (Å²) in [7, 11) is 0. The summed E-state index contributed by atoms with van der Waals surface area (Å²) in [5.74, 6) is 0. The van der Waals surface area contributed by atoms with Gasteiger partial charge in [0, 0.05) is 24.5 Å². The molecule has 1 aromatic carbocycles. The summed E-state index contributed by atoms with van der Waals surface area (Å²) < 4.78 is 0. The fourth-order valence-electron chi connectivity index (χ4n) is 3.19. The van der Waals surface area contributed by atoms with Gasteiger partial charge in [-0.2, -0.15) is 0 Å². The Morgan fingerprint density at radius 1 is 1.40 bits per heavy atom. The lowest BCUT2D eigenvalue weighted by Crippen LogP contribution is -2.59. The zero-order valence-electron chi connectivity index (χ0n) is 9.24. The van der Waals surface area contributed by atoms with Gasteiger partial charge in [-0.15, -0.1) is 0 Å². The summed E-state index contributed by atoms with van der Waals surface area (Å²) in [6, 6.07) is 8.92. The number of nitrogens with zero attached hydrogens (tertiary/aromatic N) is 1. The van der Waals surface area contributed by atoms with Crippen molar-refractivity contribution in [2.75, 3.05) is 19.6 Å². The fraction of sp³-hybridized carbons (Fsp3) is 0.538. The quantitative estimate of drug-likeness (QED) is 0.749. The van der Waals surface area contributed by atoms with Crippen LogP contribution in [0.25, 0.3) is 0 Å². The molecule has 2 nitrogen and oxygen atoms in total. The van der Waals surface area contributed by atoms with Crippen LogP contribution in [0.2, 0.25) is 0 Å². The molecule has 1 saturated heterocycles. The predicted octanol–water partition coefficient (Wildman–Crippen LogP) is 1.56. The Hall–Kier alpha value is -0.860. The van der Waals surface area contributed by atoms with Crippen LogP contribution in [0.5, 0.6) is 0 Å². The first-order valence-electron chi connectivity index (χ1n) is 5.81. The van der Waals surface area contributed by atoms with Gasteiger partial charge in [-0.25, -0.2) is 0 Å². The smallest absolute Gasteiger partial charge is 0.0382 e. The van der Waals surface area contributed by atoms with Gasteiger partial charge in [0.15, 0.2) is 0 Å². The summed E-state index contributed by atoms with van der Waals surface area (Å²) in [6.45, 7) is 5.74. The second-order valence-electron chi connectivity index (χ2n) is 5.02. The molecule has 1 aliphatic carbocycles. The standard InChI is InChI=1S/C13H18N2/c1-2-15-8-13(9-15)7-10-5-3-4-6-11(10)12(13)14/h3-6,12H,2,7-9,14H2,1H3/t12-/m1/s1. The predicted molar refractivity (Wildman–Crippen MR) is 61.6 cm³/mol. The lowest BCUT2D eigenvalue weighted by Gasteiger charge is -2.50. The molecule has 80 valence electrons. The van der Waals surface area contributed by atoms with Gasteiger partial charge in [-0.3, -0.25) is 0 Å². The Kier molecular flexibility index (Phi) is 1.91. The average Bonchev–Trinajstić information content (AvgIpc) is 2.50. The largest absolute Gasteiger partial charge is 0.323 e. The van der Waals surface area contributed by atoms with E-state index in [0.29, 0.717) is 5.41 Å². The second kappa shape index (κ2) is 3.06. The van der Waals surface area contributed by atoms with Crippen LogP contribution in [0.4, 0.5) is 0 Å². The van der Waals surface area contributed by atoms with E-state index in [1.165, 1.54) is 30.6 Å². The molecule has 0 aromatic heterocycles. The maximum absolute atomic E-state index is 6.38. The van der Waals surface area contributed by atoms with Crippen LogP contribution in [-0.2, 0) is 6.42 Å². The third-order valence-corrected chi connectivity index (χ3v) is 4.12. The highest BCUT2D eigenvalue weighted by molar-refractivity contribution is 5.39. The van der Waals surface area contributed by atoms with Crippen molar-refractivity contribution in [2.24, 2.45) is 11.1 Å². The van der Waals surface area contributed by atoms with E-state index < -0.39 is 0 Å². The van der Waals surface area contributed by atoms with E-state index in [9.17, 15) is 0 Å². The van der Waals surface area contributed by atoms with Crippen LogP contribution in [0.15, 0.2) is 24.3 Å². The van der Waals surface area contributed by atoms with Crippen molar-refractivity contribution < 1.29 is 0 Å². The molecule has 1 fully saturated rings. The zero-order valence-corrected chi connectivity index (χ0v) is 9.24. The van der Waals surface area contributed by atoms with Crippen LogP contribution >= 0.6 is 0 Å². The molecule has 15 heavy (non-hydrogen) atoms. The van der Waals surface area contributed by atoms with Gasteiger partial charge in [0.05, 0.1) is 0 Å². The first-order valence-corrected chi connectivity index (χ1v) is 5.81. The number of likely N-dealkylation sites (tertiary alicyclic amines) is 1. The SMILES string of the molecule is CCN1CC2(Cc3ccccc3[C@H]2N)C1. The molecule has 2 aliphatic rings. The van der Waals surface area contributed by atoms with Crippen molar-refractivity contribution in [1.82, 2.24) is 4.90 Å². The van der Waals surface area contributed by atoms with Gasteiger partial charge in [-0.05, 0) is 24.1 Å². The number of hydrogen-bond donors (Lipinski definition) is 1. The highest BCUT2D eigenvalue weighted by Crippen LogP contribution is 2.49. The topological polar surface area (TPSA) is 29.3 Å². The number of hydrogen-bond acceptors (Lipinski definition) is 2. The minimum Gasteiger partial charge on any atom is -0.323 e. The molecule has 1 spiro atoms. The molecule has 0 radical (unpaired) electrons. The Bertz CT molecular complexity index is 380. The minimum atomic E-state index is 0.261. The zero-order chi connectivity index (χ0) is 10.5. The van der Waals surface area contributed by atoms with Crippen molar-refractivity contribution in [1.29, 1.82) is 0 Å². The van der Waals surface area contributed by atoms with Crippen molar-refractivity contribution in [3.05, 3.63) is 35.4 Å². The number of rotatable bonds is 1. The van der Waals surface area contributed by atoms with Crippen LogP contribution in [0.3, 0.4) is 0 Å². The number of nitrogens with two attached hydrogens (primary N) is 1.